The van der Waals surface area contributed by atoms with Gasteiger partial charge in [0.25, 0.3) is 5.88 Å². The number of nitrogens with zero attached hydrogens (tertiary/aromatic N) is 1. The molecule has 0 amide bonds. The number of hydrogen-bond acceptors (Lipinski definition) is 6. The molecule has 10 heteroatoms. The highest BCUT2D eigenvalue weighted by Gasteiger charge is 2.32. The zero-order valence-electron chi connectivity index (χ0n) is 16.3. The van der Waals surface area contributed by atoms with E-state index in [2.05, 4.69) is 39.5 Å². The first-order chi connectivity index (χ1) is 14.2. The van der Waals surface area contributed by atoms with Gasteiger partial charge in [-0.05, 0) is 30.5 Å². The SMILES string of the molecule is CC1OCCC(O)C1O.FOc1cccc(C(F)(F)F)n1.c1ccc2c(c1)CNC2. The highest BCUT2D eigenvalue weighted by molar-refractivity contribution is 5.29. The van der Waals surface area contributed by atoms with E-state index >= 15 is 0 Å². The van der Waals surface area contributed by atoms with E-state index in [1.54, 1.807) is 6.92 Å². The molecule has 166 valence electrons. The second-order valence-electron chi connectivity index (χ2n) is 6.73. The Morgan fingerprint density at radius 2 is 1.70 bits per heavy atom. The van der Waals surface area contributed by atoms with Gasteiger partial charge < -0.3 is 20.3 Å². The number of halogens is 4. The van der Waals surface area contributed by atoms with Crippen LogP contribution in [0.15, 0.2) is 42.5 Å². The molecule has 1 aromatic heterocycles. The van der Waals surface area contributed by atoms with E-state index in [4.69, 9.17) is 14.9 Å². The Bertz CT molecular complexity index is 758. The topological polar surface area (TPSA) is 83.8 Å². The van der Waals surface area contributed by atoms with Gasteiger partial charge in [-0.15, -0.1) is 0 Å². The highest BCUT2D eigenvalue weighted by Crippen LogP contribution is 2.28. The van der Waals surface area contributed by atoms with Crippen molar-refractivity contribution in [3.63, 3.8) is 0 Å². The predicted molar refractivity (Wildman–Crippen MR) is 100 cm³/mol. The first-order valence-corrected chi connectivity index (χ1v) is 9.30. The third kappa shape index (κ3) is 7.21. The van der Waals surface area contributed by atoms with Crippen LogP contribution in [-0.4, -0.2) is 40.1 Å². The second kappa shape index (κ2) is 11.2. The summed E-state index contributed by atoms with van der Waals surface area (Å²) in [5.41, 5.74) is 1.73. The number of alkyl halides is 3. The maximum Gasteiger partial charge on any atom is 0.433 e. The van der Waals surface area contributed by atoms with Gasteiger partial charge in [-0.3, -0.25) is 4.94 Å². The Morgan fingerprint density at radius 3 is 2.20 bits per heavy atom. The fourth-order valence-electron chi connectivity index (χ4n) is 2.81. The van der Waals surface area contributed by atoms with Crippen molar-refractivity contribution in [3.8, 4) is 5.88 Å². The summed E-state index contributed by atoms with van der Waals surface area (Å²) in [6, 6.07) is 11.2. The quantitative estimate of drug-likeness (QED) is 0.601. The lowest BCUT2D eigenvalue weighted by molar-refractivity contribution is -0.142. The molecule has 0 radical (unpaired) electrons. The minimum absolute atomic E-state index is 0.214. The number of aliphatic hydroxyl groups excluding tert-OH is 2. The summed E-state index contributed by atoms with van der Waals surface area (Å²) in [5.74, 6) is -0.704. The number of aliphatic hydroxyl groups is 2. The second-order valence-corrected chi connectivity index (χ2v) is 6.73. The minimum atomic E-state index is -4.57. The Kier molecular flexibility index (Phi) is 8.97. The molecule has 3 unspecified atom stereocenters. The number of fused-ring (bicyclic) bond motifs is 1. The van der Waals surface area contributed by atoms with Gasteiger partial charge in [0.05, 0.1) is 12.2 Å². The van der Waals surface area contributed by atoms with Gasteiger partial charge in [0.15, 0.2) is 0 Å². The molecule has 3 N–H and O–H groups in total. The molecule has 0 spiro atoms. The number of aromatic nitrogens is 1. The van der Waals surface area contributed by atoms with E-state index < -0.39 is 30.0 Å². The molecule has 4 rings (SSSR count). The van der Waals surface area contributed by atoms with Gasteiger partial charge in [-0.1, -0.05) is 30.3 Å². The third-order valence-corrected chi connectivity index (χ3v) is 4.51. The number of hydrogen-bond donors (Lipinski definition) is 3. The van der Waals surface area contributed by atoms with Crippen LogP contribution < -0.4 is 10.3 Å². The van der Waals surface area contributed by atoms with Crippen LogP contribution in [0.25, 0.3) is 0 Å². The van der Waals surface area contributed by atoms with Crippen molar-refractivity contribution in [2.24, 2.45) is 0 Å². The largest absolute Gasteiger partial charge is 0.433 e. The van der Waals surface area contributed by atoms with Gasteiger partial charge in [0.1, 0.15) is 11.8 Å². The summed E-state index contributed by atoms with van der Waals surface area (Å²) in [4.78, 5) is 5.88. The van der Waals surface area contributed by atoms with E-state index in [9.17, 15) is 17.7 Å². The van der Waals surface area contributed by atoms with Crippen LogP contribution in [-0.2, 0) is 24.0 Å². The predicted octanol–water partition coefficient (Wildman–Crippen LogP) is 3.17. The number of ether oxygens (including phenoxy) is 1. The zero-order chi connectivity index (χ0) is 22.1. The molecule has 1 saturated heterocycles. The molecule has 2 aromatic rings. The van der Waals surface area contributed by atoms with Gasteiger partial charge in [0, 0.05) is 30.3 Å². The van der Waals surface area contributed by atoms with Crippen molar-refractivity contribution >= 4 is 0 Å². The molecule has 0 bridgehead atoms. The molecule has 1 fully saturated rings. The van der Waals surface area contributed by atoms with E-state index in [1.807, 2.05) is 0 Å². The first-order valence-electron chi connectivity index (χ1n) is 9.30. The smallest absolute Gasteiger partial charge is 0.390 e. The fourth-order valence-corrected chi connectivity index (χ4v) is 2.81. The van der Waals surface area contributed by atoms with Crippen LogP contribution in [0.5, 0.6) is 5.88 Å². The lowest BCUT2D eigenvalue weighted by atomic mass is 10.0. The molecule has 2 aliphatic rings. The maximum absolute atomic E-state index is 11.9. The van der Waals surface area contributed by atoms with Crippen molar-refractivity contribution in [3.05, 3.63) is 59.3 Å². The minimum Gasteiger partial charge on any atom is -0.390 e. The summed E-state index contributed by atoms with van der Waals surface area (Å²) in [6.45, 7) is 4.42. The number of rotatable bonds is 1. The van der Waals surface area contributed by atoms with Crippen LogP contribution in [0.2, 0.25) is 0 Å². The summed E-state index contributed by atoms with van der Waals surface area (Å²) in [5, 5.41) is 21.4. The van der Waals surface area contributed by atoms with Crippen molar-refractivity contribution < 1.29 is 37.6 Å². The zero-order valence-corrected chi connectivity index (χ0v) is 16.3. The molecule has 0 saturated carbocycles. The summed E-state index contributed by atoms with van der Waals surface area (Å²) < 4.78 is 52.0. The lowest BCUT2D eigenvalue weighted by Crippen LogP contribution is -2.42. The summed E-state index contributed by atoms with van der Waals surface area (Å²) in [6.07, 6.45) is -5.53. The number of pyridine rings is 1. The van der Waals surface area contributed by atoms with Gasteiger partial charge in [-0.25, -0.2) is 4.98 Å². The van der Waals surface area contributed by atoms with Crippen LogP contribution in [0, 0.1) is 0 Å². The first kappa shape index (κ1) is 24.0. The Labute approximate surface area is 171 Å². The number of benzene rings is 1. The highest BCUT2D eigenvalue weighted by atomic mass is 19.4. The van der Waals surface area contributed by atoms with Crippen molar-refractivity contribution in [1.82, 2.24) is 10.3 Å². The fraction of sp³-hybridized carbons (Fsp3) is 0.450. The molecule has 3 atom stereocenters. The molecule has 3 heterocycles. The Morgan fingerprint density at radius 1 is 1.07 bits per heavy atom. The average molecular weight is 432 g/mol. The van der Waals surface area contributed by atoms with Crippen molar-refractivity contribution in [2.45, 2.75) is 50.9 Å². The molecule has 0 aliphatic carbocycles. The molecule has 1 aromatic carbocycles. The van der Waals surface area contributed by atoms with E-state index in [1.165, 1.54) is 11.1 Å². The standard InChI is InChI=1S/C8H9N.C6H3F4NO.C6H12O3/c1-2-4-8-6-9-5-7(8)3-1;7-6(8,9)4-2-1-3-5(11-4)12-10;1-4-6(8)5(7)2-3-9-4/h1-4,9H,5-6H2;1-3H;4-8H,2-3H2,1H3. The van der Waals surface area contributed by atoms with Crippen LogP contribution in [0.1, 0.15) is 30.2 Å². The summed E-state index contributed by atoms with van der Waals surface area (Å²) >= 11 is 0. The third-order valence-electron chi connectivity index (χ3n) is 4.51. The number of nitrogens with one attached hydrogen (secondary N) is 1. The van der Waals surface area contributed by atoms with Crippen LogP contribution in [0.4, 0.5) is 17.7 Å². The monoisotopic (exact) mass is 432 g/mol. The van der Waals surface area contributed by atoms with Crippen LogP contribution >= 0.6 is 0 Å². The van der Waals surface area contributed by atoms with Crippen molar-refractivity contribution in [1.29, 1.82) is 0 Å². The molecular weight excluding hydrogens is 408 g/mol. The van der Waals surface area contributed by atoms with E-state index in [0.29, 0.717) is 13.0 Å². The van der Waals surface area contributed by atoms with Gasteiger partial charge in [-0.2, -0.15) is 13.2 Å². The Balaban J connectivity index is 0.000000162. The lowest BCUT2D eigenvalue weighted by Gasteiger charge is -2.29. The van der Waals surface area contributed by atoms with E-state index in [0.717, 1.165) is 31.3 Å². The molecule has 6 nitrogen and oxygen atoms in total. The summed E-state index contributed by atoms with van der Waals surface area (Å²) in [7, 11) is 0. The van der Waals surface area contributed by atoms with Crippen LogP contribution in [0.3, 0.4) is 0 Å². The molecule has 2 aliphatic heterocycles. The molecule has 30 heavy (non-hydrogen) atoms. The van der Waals surface area contributed by atoms with Crippen molar-refractivity contribution in [2.75, 3.05) is 6.61 Å². The maximum atomic E-state index is 11.9. The van der Waals surface area contributed by atoms with E-state index in [-0.39, 0.29) is 6.10 Å². The van der Waals surface area contributed by atoms with Gasteiger partial charge in [0.2, 0.25) is 0 Å². The molecular formula is C20H24F4N2O4. The average Bonchev–Trinajstić information content (AvgIpc) is 3.21. The van der Waals surface area contributed by atoms with Gasteiger partial charge >= 0.3 is 6.18 Å². The normalized spacial score (nSPS) is 22.7. The Hall–Kier alpha value is -2.27.